The minimum absolute atomic E-state index is 0.0327. The van der Waals surface area contributed by atoms with Crippen LogP contribution >= 0.6 is 0 Å². The average Bonchev–Trinajstić information content (AvgIpc) is 3.19. The molecular weight excluding hydrogens is 398 g/mol. The van der Waals surface area contributed by atoms with Gasteiger partial charge in [0.2, 0.25) is 0 Å². The molecule has 2 aromatic heterocycles. The summed E-state index contributed by atoms with van der Waals surface area (Å²) >= 11 is 0. The van der Waals surface area contributed by atoms with Crippen molar-refractivity contribution in [1.29, 1.82) is 0 Å². The van der Waals surface area contributed by atoms with Crippen LogP contribution in [0.15, 0.2) is 36.7 Å². The van der Waals surface area contributed by atoms with E-state index in [0.29, 0.717) is 36.8 Å². The molecule has 4 rings (SSSR count). The first-order chi connectivity index (χ1) is 14.6. The predicted molar refractivity (Wildman–Crippen MR) is 102 cm³/mol. The van der Waals surface area contributed by atoms with Crippen molar-refractivity contribution in [2.24, 2.45) is 0 Å². The maximum atomic E-state index is 12.8. The highest BCUT2D eigenvalue weighted by Crippen LogP contribution is 2.23. The van der Waals surface area contributed by atoms with Gasteiger partial charge in [-0.3, -0.25) is 19.1 Å². The molecule has 0 saturated carbocycles. The number of ether oxygens (including phenoxy) is 2. The Balaban J connectivity index is 1.52. The fourth-order valence-electron chi connectivity index (χ4n) is 3.23. The molecule has 3 aromatic rings. The SMILES string of the molecule is O=C(NCCN1CCOCC1)c1cncc2nnc(-c3ccc(OC(F)F)cc3)n12. The number of fused-ring (bicyclic) bond motifs is 1. The summed E-state index contributed by atoms with van der Waals surface area (Å²) in [6.45, 7) is 1.38. The van der Waals surface area contributed by atoms with Gasteiger partial charge in [-0.05, 0) is 24.3 Å². The molecule has 9 nitrogen and oxygen atoms in total. The van der Waals surface area contributed by atoms with Crippen LogP contribution in [0.4, 0.5) is 8.78 Å². The highest BCUT2D eigenvalue weighted by molar-refractivity contribution is 5.93. The van der Waals surface area contributed by atoms with E-state index in [2.05, 4.69) is 30.1 Å². The van der Waals surface area contributed by atoms with E-state index in [-0.39, 0.29) is 17.4 Å². The zero-order valence-electron chi connectivity index (χ0n) is 16.0. The van der Waals surface area contributed by atoms with Gasteiger partial charge in [-0.2, -0.15) is 8.78 Å². The first-order valence-electron chi connectivity index (χ1n) is 9.44. The Morgan fingerprint density at radius 1 is 1.17 bits per heavy atom. The number of hydrogen-bond acceptors (Lipinski definition) is 7. The number of benzene rings is 1. The fourth-order valence-corrected chi connectivity index (χ4v) is 3.23. The number of halogens is 2. The lowest BCUT2D eigenvalue weighted by Crippen LogP contribution is -2.41. The monoisotopic (exact) mass is 418 g/mol. The number of alkyl halides is 2. The van der Waals surface area contributed by atoms with E-state index in [0.717, 1.165) is 19.6 Å². The number of morpholine rings is 1. The number of hydrogen-bond donors (Lipinski definition) is 1. The average molecular weight is 418 g/mol. The predicted octanol–water partition coefficient (Wildman–Crippen LogP) is 1.45. The summed E-state index contributed by atoms with van der Waals surface area (Å²) < 4.78 is 36.0. The van der Waals surface area contributed by atoms with E-state index < -0.39 is 6.61 Å². The zero-order chi connectivity index (χ0) is 20.9. The standard InChI is InChI=1S/C19H20F2N6O3/c20-19(21)30-14-3-1-13(2-4-14)17-25-24-16-12-22-11-15(27(16)17)18(28)23-5-6-26-7-9-29-10-8-26/h1-4,11-12,19H,5-10H2,(H,23,28). The normalized spacial score (nSPS) is 14.9. The Hall–Kier alpha value is -3.18. The largest absolute Gasteiger partial charge is 0.435 e. The molecule has 1 N–H and O–H groups in total. The number of amides is 1. The highest BCUT2D eigenvalue weighted by Gasteiger charge is 2.18. The smallest absolute Gasteiger partial charge is 0.387 e. The molecule has 11 heteroatoms. The Bertz CT molecular complexity index is 1010. The number of nitrogens with one attached hydrogen (secondary N) is 1. The first-order valence-corrected chi connectivity index (χ1v) is 9.44. The van der Waals surface area contributed by atoms with Crippen molar-refractivity contribution in [3.63, 3.8) is 0 Å². The molecule has 0 atom stereocenters. The van der Waals surface area contributed by atoms with Crippen molar-refractivity contribution in [3.05, 3.63) is 42.4 Å². The molecule has 1 saturated heterocycles. The lowest BCUT2D eigenvalue weighted by molar-refractivity contribution is -0.0498. The number of rotatable bonds is 7. The molecule has 0 aliphatic carbocycles. The van der Waals surface area contributed by atoms with Crippen molar-refractivity contribution in [3.8, 4) is 17.1 Å². The molecule has 0 radical (unpaired) electrons. The molecule has 1 aromatic carbocycles. The molecule has 0 bridgehead atoms. The van der Waals surface area contributed by atoms with Crippen molar-refractivity contribution in [2.45, 2.75) is 6.61 Å². The van der Waals surface area contributed by atoms with Crippen LogP contribution in [-0.4, -0.2) is 76.4 Å². The van der Waals surface area contributed by atoms with E-state index in [4.69, 9.17) is 4.74 Å². The molecule has 0 spiro atoms. The summed E-state index contributed by atoms with van der Waals surface area (Å²) in [5, 5.41) is 11.1. The van der Waals surface area contributed by atoms with Crippen LogP contribution in [0, 0.1) is 0 Å². The number of aromatic nitrogens is 4. The highest BCUT2D eigenvalue weighted by atomic mass is 19.3. The second-order valence-corrected chi connectivity index (χ2v) is 6.62. The van der Waals surface area contributed by atoms with Crippen LogP contribution in [0.1, 0.15) is 10.5 Å². The molecule has 3 heterocycles. The minimum Gasteiger partial charge on any atom is -0.435 e. The van der Waals surface area contributed by atoms with Crippen molar-refractivity contribution >= 4 is 11.6 Å². The lowest BCUT2D eigenvalue weighted by atomic mass is 10.2. The molecule has 30 heavy (non-hydrogen) atoms. The fraction of sp³-hybridized carbons (Fsp3) is 0.368. The Morgan fingerprint density at radius 2 is 1.93 bits per heavy atom. The second-order valence-electron chi connectivity index (χ2n) is 6.62. The summed E-state index contributed by atoms with van der Waals surface area (Å²) in [6, 6.07) is 5.97. The molecule has 1 fully saturated rings. The molecule has 0 unspecified atom stereocenters. The molecule has 1 aliphatic rings. The quantitative estimate of drug-likeness (QED) is 0.621. The van der Waals surface area contributed by atoms with Gasteiger partial charge in [0.1, 0.15) is 11.4 Å². The first kappa shape index (κ1) is 20.1. The van der Waals surface area contributed by atoms with Gasteiger partial charge >= 0.3 is 6.61 Å². The maximum absolute atomic E-state index is 12.8. The van der Waals surface area contributed by atoms with E-state index >= 15 is 0 Å². The van der Waals surface area contributed by atoms with Crippen molar-refractivity contribution < 1.29 is 23.0 Å². The summed E-state index contributed by atoms with van der Waals surface area (Å²) in [6.07, 6.45) is 2.94. The Labute approximate surface area is 170 Å². The van der Waals surface area contributed by atoms with Gasteiger partial charge in [-0.1, -0.05) is 0 Å². The Kier molecular flexibility index (Phi) is 6.10. The van der Waals surface area contributed by atoms with Crippen LogP contribution in [-0.2, 0) is 4.74 Å². The van der Waals surface area contributed by atoms with E-state index in [9.17, 15) is 13.6 Å². The minimum atomic E-state index is -2.90. The second kappa shape index (κ2) is 9.09. The lowest BCUT2D eigenvalue weighted by Gasteiger charge is -2.26. The van der Waals surface area contributed by atoms with E-state index in [1.165, 1.54) is 24.5 Å². The van der Waals surface area contributed by atoms with Crippen LogP contribution in [0.2, 0.25) is 0 Å². The Morgan fingerprint density at radius 3 is 2.67 bits per heavy atom. The number of carbonyl (C=O) groups excluding carboxylic acids is 1. The van der Waals surface area contributed by atoms with Crippen molar-refractivity contribution in [2.75, 3.05) is 39.4 Å². The van der Waals surface area contributed by atoms with Gasteiger partial charge in [-0.25, -0.2) is 0 Å². The summed E-state index contributed by atoms with van der Waals surface area (Å²) in [5.41, 5.74) is 1.28. The van der Waals surface area contributed by atoms with Gasteiger partial charge in [0.05, 0.1) is 25.6 Å². The molecule has 1 aliphatic heterocycles. The van der Waals surface area contributed by atoms with Crippen LogP contribution in [0.5, 0.6) is 5.75 Å². The summed E-state index contributed by atoms with van der Waals surface area (Å²) in [5.74, 6) is 0.125. The molecule has 158 valence electrons. The molecular formula is C19H20F2N6O3. The van der Waals surface area contributed by atoms with Gasteiger partial charge < -0.3 is 14.8 Å². The molecule has 1 amide bonds. The third-order valence-corrected chi connectivity index (χ3v) is 4.70. The van der Waals surface area contributed by atoms with E-state index in [1.807, 2.05) is 0 Å². The zero-order valence-corrected chi connectivity index (χ0v) is 16.0. The third-order valence-electron chi connectivity index (χ3n) is 4.70. The van der Waals surface area contributed by atoms with Crippen LogP contribution in [0.25, 0.3) is 17.0 Å². The topological polar surface area (TPSA) is 93.9 Å². The number of carbonyl (C=O) groups is 1. The van der Waals surface area contributed by atoms with Gasteiger partial charge in [0.25, 0.3) is 5.91 Å². The maximum Gasteiger partial charge on any atom is 0.387 e. The summed E-state index contributed by atoms with van der Waals surface area (Å²) in [4.78, 5) is 19.1. The van der Waals surface area contributed by atoms with Crippen LogP contribution in [0.3, 0.4) is 0 Å². The van der Waals surface area contributed by atoms with Gasteiger partial charge in [0.15, 0.2) is 11.5 Å². The summed E-state index contributed by atoms with van der Waals surface area (Å²) in [7, 11) is 0. The van der Waals surface area contributed by atoms with Gasteiger partial charge in [0, 0.05) is 31.7 Å². The van der Waals surface area contributed by atoms with Gasteiger partial charge in [-0.15, -0.1) is 10.2 Å². The third kappa shape index (κ3) is 4.52. The van der Waals surface area contributed by atoms with Crippen molar-refractivity contribution in [1.82, 2.24) is 29.8 Å². The van der Waals surface area contributed by atoms with Crippen LogP contribution < -0.4 is 10.1 Å². The number of nitrogens with zero attached hydrogens (tertiary/aromatic N) is 5. The van der Waals surface area contributed by atoms with E-state index in [1.54, 1.807) is 16.5 Å².